The number of fused-ring (bicyclic) bond motifs is 1. The molecule has 302 valence electrons. The van der Waals surface area contributed by atoms with Gasteiger partial charge < -0.3 is 99.5 Å². The molecule has 0 aromatic rings. The Balaban J connectivity index is 1.25. The van der Waals surface area contributed by atoms with Gasteiger partial charge in [0.2, 0.25) is 0 Å². The minimum Gasteiger partial charge on any atom is -0.394 e. The van der Waals surface area contributed by atoms with Gasteiger partial charge in [0.15, 0.2) is 18.9 Å². The van der Waals surface area contributed by atoms with Crippen molar-refractivity contribution in [1.82, 2.24) is 0 Å². The largest absolute Gasteiger partial charge is 0.394 e. The van der Waals surface area contributed by atoms with Crippen molar-refractivity contribution in [2.75, 3.05) is 19.8 Å². The van der Waals surface area contributed by atoms with E-state index in [-0.39, 0.29) is 38.0 Å². The van der Waals surface area contributed by atoms with Crippen LogP contribution in [0.2, 0.25) is 0 Å². The summed E-state index contributed by atoms with van der Waals surface area (Å²) in [5.41, 5.74) is 0. The quantitative estimate of drug-likeness (QED) is 0.104. The van der Waals surface area contributed by atoms with E-state index in [0.717, 1.165) is 0 Å². The lowest BCUT2D eigenvalue weighted by molar-refractivity contribution is -0.376. The van der Waals surface area contributed by atoms with Crippen LogP contribution in [-0.2, 0) is 33.2 Å². The molecule has 4 aliphatic heterocycles. The Bertz CT molecular complexity index is 1140. The molecule has 6 rings (SSSR count). The number of aliphatic hydroxyl groups excluding tert-OH is 13. The number of hydrogen-bond donors (Lipinski definition) is 13. The predicted molar refractivity (Wildman–Crippen MR) is 165 cm³/mol. The second-order valence-corrected chi connectivity index (χ2v) is 15.0. The molecule has 0 aromatic heterocycles. The van der Waals surface area contributed by atoms with Crippen molar-refractivity contribution >= 4 is 0 Å². The molecular formula is C32H54O20. The predicted octanol–water partition coefficient (Wildman–Crippen LogP) is -6.73. The van der Waals surface area contributed by atoms with Crippen molar-refractivity contribution in [1.29, 1.82) is 0 Å². The van der Waals surface area contributed by atoms with E-state index in [2.05, 4.69) is 0 Å². The zero-order valence-corrected chi connectivity index (χ0v) is 28.3. The maximum Gasteiger partial charge on any atom is 0.187 e. The van der Waals surface area contributed by atoms with Crippen molar-refractivity contribution in [3.05, 3.63) is 0 Å². The van der Waals surface area contributed by atoms with E-state index in [0.29, 0.717) is 6.42 Å². The molecule has 0 amide bonds. The van der Waals surface area contributed by atoms with Crippen LogP contribution >= 0.6 is 0 Å². The van der Waals surface area contributed by atoms with Gasteiger partial charge in [0, 0.05) is 5.92 Å². The first-order chi connectivity index (χ1) is 24.7. The van der Waals surface area contributed by atoms with Crippen LogP contribution in [0.1, 0.15) is 38.5 Å². The molecule has 4 heterocycles. The van der Waals surface area contributed by atoms with Gasteiger partial charge in [0.25, 0.3) is 0 Å². The van der Waals surface area contributed by atoms with Gasteiger partial charge in [0.1, 0.15) is 67.1 Å². The SMILES string of the molecule is OC[C@H]1O[C@@H](OC[C@@H]2O[C@H](OC3CC4C(O)CC(O)CC4OC3C3CCC(O)C(O)C3)[C@@H](O[C@@H]3OC[C@@H](O)[C@H](O)[C@H]3O)[C@H](O)[C@@H]2O)[C@H](O)[C@@H](O)[C@@H]1O. The Morgan fingerprint density at radius 2 is 1.23 bits per heavy atom. The molecule has 9 unspecified atom stereocenters. The molecule has 13 N–H and O–H groups in total. The molecule has 20 heteroatoms. The van der Waals surface area contributed by atoms with Crippen LogP contribution in [0.5, 0.6) is 0 Å². The van der Waals surface area contributed by atoms with Gasteiger partial charge in [-0.15, -0.1) is 0 Å². The lowest BCUT2D eigenvalue weighted by atomic mass is 9.72. The van der Waals surface area contributed by atoms with Gasteiger partial charge in [-0.2, -0.15) is 0 Å². The Morgan fingerprint density at radius 3 is 1.94 bits per heavy atom. The first kappa shape index (κ1) is 40.9. The molecule has 0 bridgehead atoms. The topological polar surface area (TPSA) is 328 Å². The van der Waals surface area contributed by atoms with Gasteiger partial charge in [-0.05, 0) is 44.4 Å². The van der Waals surface area contributed by atoms with Gasteiger partial charge in [-0.25, -0.2) is 0 Å². The van der Waals surface area contributed by atoms with E-state index in [4.69, 9.17) is 33.2 Å². The van der Waals surface area contributed by atoms with E-state index in [1.165, 1.54) is 0 Å². The average Bonchev–Trinajstić information content (AvgIpc) is 3.11. The molecule has 6 fully saturated rings. The number of ether oxygens (including phenoxy) is 7. The fourth-order valence-corrected chi connectivity index (χ4v) is 8.32. The zero-order valence-electron chi connectivity index (χ0n) is 28.3. The van der Waals surface area contributed by atoms with Crippen molar-refractivity contribution < 1.29 is 99.5 Å². The molecule has 2 saturated carbocycles. The third-order valence-corrected chi connectivity index (χ3v) is 11.5. The summed E-state index contributed by atoms with van der Waals surface area (Å²) in [6.45, 7) is -1.78. The van der Waals surface area contributed by atoms with Crippen LogP contribution < -0.4 is 0 Å². The molecule has 0 spiro atoms. The third kappa shape index (κ3) is 8.47. The van der Waals surface area contributed by atoms with Crippen molar-refractivity contribution in [3.63, 3.8) is 0 Å². The summed E-state index contributed by atoms with van der Waals surface area (Å²) in [7, 11) is 0. The summed E-state index contributed by atoms with van der Waals surface area (Å²) < 4.78 is 41.3. The first-order valence-electron chi connectivity index (χ1n) is 18.0. The normalized spacial score (nSPS) is 54.8. The average molecular weight is 759 g/mol. The van der Waals surface area contributed by atoms with Crippen LogP contribution in [0.25, 0.3) is 0 Å². The fraction of sp³-hybridized carbons (Fsp3) is 1.00. The lowest BCUT2D eigenvalue weighted by Gasteiger charge is -2.51. The third-order valence-electron chi connectivity index (χ3n) is 11.5. The van der Waals surface area contributed by atoms with E-state index in [1.54, 1.807) is 0 Å². The minimum absolute atomic E-state index is 0.0925. The molecule has 2 aliphatic carbocycles. The molecular weight excluding hydrogens is 704 g/mol. The van der Waals surface area contributed by atoms with E-state index in [1.807, 2.05) is 0 Å². The second kappa shape index (κ2) is 17.1. The van der Waals surface area contributed by atoms with Crippen LogP contribution in [0.15, 0.2) is 0 Å². The molecule has 6 aliphatic rings. The summed E-state index contributed by atoms with van der Waals surface area (Å²) in [5.74, 6) is -0.878. The highest BCUT2D eigenvalue weighted by molar-refractivity contribution is 5.00. The Kier molecular flexibility index (Phi) is 13.5. The van der Waals surface area contributed by atoms with Crippen LogP contribution in [0.3, 0.4) is 0 Å². The summed E-state index contributed by atoms with van der Waals surface area (Å²) in [5, 5.41) is 136. The summed E-state index contributed by atoms with van der Waals surface area (Å²) >= 11 is 0. The van der Waals surface area contributed by atoms with Gasteiger partial charge in [-0.3, -0.25) is 0 Å². The smallest absolute Gasteiger partial charge is 0.187 e. The first-order valence-corrected chi connectivity index (χ1v) is 18.0. The maximum absolute atomic E-state index is 11.4. The van der Waals surface area contributed by atoms with Crippen LogP contribution in [0, 0.1) is 11.8 Å². The number of hydrogen-bond acceptors (Lipinski definition) is 20. The summed E-state index contributed by atoms with van der Waals surface area (Å²) in [6.07, 6.45) is -27.8. The minimum atomic E-state index is -1.86. The lowest BCUT2D eigenvalue weighted by Crippen LogP contribution is -2.65. The second-order valence-electron chi connectivity index (χ2n) is 15.0. The van der Waals surface area contributed by atoms with E-state index < -0.39 is 154 Å². The highest BCUT2D eigenvalue weighted by Gasteiger charge is 2.54. The Hall–Kier alpha value is -0.800. The Morgan fingerprint density at radius 1 is 0.538 bits per heavy atom. The molecule has 23 atom stereocenters. The van der Waals surface area contributed by atoms with E-state index >= 15 is 0 Å². The zero-order chi connectivity index (χ0) is 37.6. The maximum atomic E-state index is 11.4. The fourth-order valence-electron chi connectivity index (χ4n) is 8.32. The van der Waals surface area contributed by atoms with E-state index in [9.17, 15) is 66.4 Å². The molecule has 52 heavy (non-hydrogen) atoms. The van der Waals surface area contributed by atoms with Crippen LogP contribution in [0.4, 0.5) is 0 Å². The highest BCUT2D eigenvalue weighted by Crippen LogP contribution is 2.44. The van der Waals surface area contributed by atoms with Gasteiger partial charge in [0.05, 0.1) is 62.5 Å². The van der Waals surface area contributed by atoms with Crippen LogP contribution in [-0.4, -0.2) is 215 Å². The van der Waals surface area contributed by atoms with Gasteiger partial charge >= 0.3 is 0 Å². The molecule has 0 radical (unpaired) electrons. The molecule has 0 aromatic carbocycles. The molecule has 20 nitrogen and oxygen atoms in total. The summed E-state index contributed by atoms with van der Waals surface area (Å²) in [4.78, 5) is 0. The van der Waals surface area contributed by atoms with Gasteiger partial charge in [-0.1, -0.05) is 0 Å². The Labute approximate surface area is 298 Å². The monoisotopic (exact) mass is 758 g/mol. The highest BCUT2D eigenvalue weighted by atomic mass is 16.8. The number of aliphatic hydroxyl groups is 13. The van der Waals surface area contributed by atoms with Crippen molar-refractivity contribution in [2.24, 2.45) is 11.8 Å². The van der Waals surface area contributed by atoms with Crippen molar-refractivity contribution in [3.8, 4) is 0 Å². The summed E-state index contributed by atoms with van der Waals surface area (Å²) in [6, 6.07) is 0. The number of rotatable bonds is 9. The standard InChI is InChI=1S/C32H54O20/c33-7-19-22(40)24(42)27(45)30(50-19)47-9-20-23(41)25(43)29(52-31-26(44)21(39)16(38)8-46-31)32(51-20)49-18-6-12-14(36)4-11(34)5-17(12)48-28(18)10-1-2-13(35)15(37)3-10/h10-45H,1-9H2/t10?,11?,12?,13?,14?,15?,16-,17?,18?,19-,20+,21+,22-,23-,24+,25-,26-,27-,28?,29+,30-,31+,32+/m1/s1. The molecule has 4 saturated heterocycles. The van der Waals surface area contributed by atoms with Crippen molar-refractivity contribution in [2.45, 2.75) is 167 Å².